The van der Waals surface area contributed by atoms with Crippen molar-refractivity contribution in [2.24, 2.45) is 0 Å². The first-order chi connectivity index (χ1) is 10.1. The molecule has 1 unspecified atom stereocenters. The Labute approximate surface area is 128 Å². The van der Waals surface area contributed by atoms with Crippen LogP contribution in [0.2, 0.25) is 0 Å². The summed E-state index contributed by atoms with van der Waals surface area (Å²) in [5.74, 6) is -0.731. The molecule has 5 nitrogen and oxygen atoms in total. The van der Waals surface area contributed by atoms with Gasteiger partial charge in [-0.1, -0.05) is 5.16 Å². The lowest BCUT2D eigenvalue weighted by molar-refractivity contribution is -0.138. The summed E-state index contributed by atoms with van der Waals surface area (Å²) in [4.78, 5) is 18.5. The summed E-state index contributed by atoms with van der Waals surface area (Å²) in [6.07, 6.45) is 1.61. The van der Waals surface area contributed by atoms with Crippen LogP contribution >= 0.6 is 22.7 Å². The van der Waals surface area contributed by atoms with Crippen LogP contribution in [0.4, 0.5) is 0 Å². The lowest BCUT2D eigenvalue weighted by Crippen LogP contribution is -2.08. The van der Waals surface area contributed by atoms with Crippen molar-refractivity contribution < 1.29 is 14.4 Å². The summed E-state index contributed by atoms with van der Waals surface area (Å²) in [6.45, 7) is 3.56. The molecule has 0 saturated carbocycles. The molecule has 21 heavy (non-hydrogen) atoms. The maximum Gasteiger partial charge on any atom is 0.312 e. The Morgan fingerprint density at radius 2 is 2.05 bits per heavy atom. The molecule has 0 aliphatic rings. The van der Waals surface area contributed by atoms with Crippen LogP contribution in [0, 0.1) is 6.92 Å². The van der Waals surface area contributed by atoms with Crippen molar-refractivity contribution in [3.8, 4) is 20.5 Å². The number of nitrogens with zero attached hydrogens (tertiary/aromatic N) is 2. The van der Waals surface area contributed by atoms with Gasteiger partial charge in [-0.25, -0.2) is 4.98 Å². The molecular weight excluding hydrogens is 308 g/mol. The van der Waals surface area contributed by atoms with Crippen LogP contribution in [-0.2, 0) is 4.79 Å². The third-order valence-electron chi connectivity index (χ3n) is 3.11. The quantitative estimate of drug-likeness (QED) is 0.785. The topological polar surface area (TPSA) is 76.2 Å². The second-order valence-electron chi connectivity index (χ2n) is 4.56. The fourth-order valence-electron chi connectivity index (χ4n) is 1.96. The van der Waals surface area contributed by atoms with Crippen molar-refractivity contribution in [2.45, 2.75) is 19.8 Å². The first-order valence-corrected chi connectivity index (χ1v) is 7.91. The first kappa shape index (κ1) is 14.0. The van der Waals surface area contributed by atoms with Crippen molar-refractivity contribution in [3.05, 3.63) is 35.0 Å². The van der Waals surface area contributed by atoms with Crippen molar-refractivity contribution in [1.29, 1.82) is 0 Å². The van der Waals surface area contributed by atoms with Crippen molar-refractivity contribution in [1.82, 2.24) is 10.1 Å². The van der Waals surface area contributed by atoms with Crippen molar-refractivity contribution >= 4 is 28.6 Å². The van der Waals surface area contributed by atoms with Gasteiger partial charge < -0.3 is 9.63 Å². The Balaban J connectivity index is 1.95. The van der Waals surface area contributed by atoms with Gasteiger partial charge in [-0.05, 0) is 26.0 Å². The van der Waals surface area contributed by atoms with Gasteiger partial charge in [0.15, 0.2) is 5.76 Å². The summed E-state index contributed by atoms with van der Waals surface area (Å²) in [5.41, 5.74) is 0.636. The van der Waals surface area contributed by atoms with E-state index in [0.717, 1.165) is 25.4 Å². The number of rotatable bonds is 4. The second-order valence-corrected chi connectivity index (χ2v) is 6.85. The van der Waals surface area contributed by atoms with E-state index in [4.69, 9.17) is 9.63 Å². The van der Waals surface area contributed by atoms with E-state index in [0.29, 0.717) is 5.69 Å². The molecule has 1 atom stereocenters. The Kier molecular flexibility index (Phi) is 3.60. The number of carboxylic acids is 1. The lowest BCUT2D eigenvalue weighted by atomic mass is 10.1. The molecule has 3 heterocycles. The molecule has 7 heteroatoms. The molecule has 0 fully saturated rings. The molecule has 0 bridgehead atoms. The van der Waals surface area contributed by atoms with Crippen LogP contribution in [0.1, 0.15) is 23.4 Å². The van der Waals surface area contributed by atoms with Gasteiger partial charge in [-0.3, -0.25) is 4.79 Å². The van der Waals surface area contributed by atoms with Crippen molar-refractivity contribution in [3.63, 3.8) is 0 Å². The van der Waals surface area contributed by atoms with Gasteiger partial charge in [0.25, 0.3) is 0 Å². The van der Waals surface area contributed by atoms with Gasteiger partial charge in [0.05, 0.1) is 27.6 Å². The molecule has 0 saturated heterocycles. The third kappa shape index (κ3) is 2.62. The van der Waals surface area contributed by atoms with Crippen LogP contribution in [0.25, 0.3) is 20.5 Å². The van der Waals surface area contributed by atoms with Gasteiger partial charge in [0, 0.05) is 10.9 Å². The van der Waals surface area contributed by atoms with E-state index in [2.05, 4.69) is 10.1 Å². The van der Waals surface area contributed by atoms with E-state index in [9.17, 15) is 4.79 Å². The highest BCUT2D eigenvalue weighted by Gasteiger charge is 2.21. The molecule has 108 valence electrons. The first-order valence-electron chi connectivity index (χ1n) is 6.27. The number of carboxylic acid groups (broad SMARTS) is 1. The number of aromatic nitrogens is 2. The number of hydrogen-bond donors (Lipinski definition) is 1. The maximum atomic E-state index is 11.1. The van der Waals surface area contributed by atoms with E-state index in [1.54, 1.807) is 30.5 Å². The Morgan fingerprint density at radius 3 is 2.71 bits per heavy atom. The minimum Gasteiger partial charge on any atom is -0.481 e. The van der Waals surface area contributed by atoms with Crippen LogP contribution in [0.3, 0.4) is 0 Å². The minimum atomic E-state index is -0.858. The zero-order valence-corrected chi connectivity index (χ0v) is 13.0. The zero-order chi connectivity index (χ0) is 15.0. The summed E-state index contributed by atoms with van der Waals surface area (Å²) in [5, 5.41) is 13.7. The van der Waals surface area contributed by atoms with Crippen LogP contribution in [-0.4, -0.2) is 21.2 Å². The molecule has 0 aliphatic carbocycles. The molecule has 0 aromatic carbocycles. The smallest absolute Gasteiger partial charge is 0.312 e. The SMILES string of the molecule is Cc1sc(-c2ccc(-c3ccno3)s2)nc1C(C)C(=O)O. The Hall–Kier alpha value is -1.99. The van der Waals surface area contributed by atoms with E-state index in [1.807, 2.05) is 19.1 Å². The zero-order valence-electron chi connectivity index (χ0n) is 11.4. The molecule has 3 aromatic heterocycles. The third-order valence-corrected chi connectivity index (χ3v) is 5.37. The van der Waals surface area contributed by atoms with Crippen LogP contribution in [0.5, 0.6) is 0 Å². The fraction of sp³-hybridized carbons (Fsp3) is 0.214. The predicted molar refractivity (Wildman–Crippen MR) is 81.7 cm³/mol. The summed E-state index contributed by atoms with van der Waals surface area (Å²) in [6, 6.07) is 5.73. The maximum absolute atomic E-state index is 11.1. The minimum absolute atomic E-state index is 0.594. The highest BCUT2D eigenvalue weighted by molar-refractivity contribution is 7.23. The number of aryl methyl sites for hydroxylation is 1. The van der Waals surface area contributed by atoms with Gasteiger partial charge in [-0.2, -0.15) is 0 Å². The second kappa shape index (κ2) is 5.42. The fourth-order valence-corrected chi connectivity index (χ4v) is 3.99. The Bertz CT molecular complexity index is 774. The van der Waals surface area contributed by atoms with Crippen LogP contribution < -0.4 is 0 Å². The lowest BCUT2D eigenvalue weighted by Gasteiger charge is -2.02. The van der Waals surface area contributed by atoms with Crippen LogP contribution in [0.15, 0.2) is 28.9 Å². The normalized spacial score (nSPS) is 12.5. The monoisotopic (exact) mass is 320 g/mol. The molecule has 0 radical (unpaired) electrons. The average molecular weight is 320 g/mol. The van der Waals surface area contributed by atoms with Gasteiger partial charge in [0.2, 0.25) is 0 Å². The Morgan fingerprint density at radius 1 is 1.29 bits per heavy atom. The van der Waals surface area contributed by atoms with Gasteiger partial charge >= 0.3 is 5.97 Å². The van der Waals surface area contributed by atoms with Crippen molar-refractivity contribution in [2.75, 3.05) is 0 Å². The largest absolute Gasteiger partial charge is 0.481 e. The van der Waals surface area contributed by atoms with E-state index >= 15 is 0 Å². The summed E-state index contributed by atoms with van der Waals surface area (Å²) < 4.78 is 5.13. The standard InChI is InChI=1S/C14H12N2O3S2/c1-7(14(17)18)12-8(2)20-13(16-12)11-4-3-10(21-11)9-5-6-15-19-9/h3-7H,1-2H3,(H,17,18). The number of aliphatic carboxylic acids is 1. The molecule has 0 amide bonds. The summed E-state index contributed by atoms with van der Waals surface area (Å²) in [7, 11) is 0. The number of thiophene rings is 1. The molecule has 0 spiro atoms. The van der Waals surface area contributed by atoms with E-state index < -0.39 is 11.9 Å². The van der Waals surface area contributed by atoms with Gasteiger partial charge in [-0.15, -0.1) is 22.7 Å². The highest BCUT2D eigenvalue weighted by atomic mass is 32.1. The van der Waals surface area contributed by atoms with E-state index in [1.165, 1.54) is 11.3 Å². The molecule has 1 N–H and O–H groups in total. The van der Waals surface area contributed by atoms with E-state index in [-0.39, 0.29) is 0 Å². The molecule has 0 aliphatic heterocycles. The van der Waals surface area contributed by atoms with Gasteiger partial charge in [0.1, 0.15) is 5.01 Å². The molecule has 3 rings (SSSR count). The molecular formula is C14H12N2O3S2. The highest BCUT2D eigenvalue weighted by Crippen LogP contribution is 2.38. The number of carbonyl (C=O) groups is 1. The number of thiazole rings is 1. The molecule has 3 aromatic rings. The summed E-state index contributed by atoms with van der Waals surface area (Å²) >= 11 is 3.07. The average Bonchev–Trinajstić information content (AvgIpc) is 3.17. The predicted octanol–water partition coefficient (Wildman–Crippen LogP) is 4.02. The number of hydrogen-bond acceptors (Lipinski definition) is 6.